The highest BCUT2D eigenvalue weighted by Gasteiger charge is 2.21. The van der Waals surface area contributed by atoms with Crippen LogP contribution in [0.25, 0.3) is 0 Å². The number of aldehydes is 1. The second-order valence-electron chi connectivity index (χ2n) is 3.59. The second kappa shape index (κ2) is 4.18. The fourth-order valence-corrected chi connectivity index (χ4v) is 2.56. The largest absolute Gasteiger partial charge is 0.442 e. The number of sulfone groups is 1. The van der Waals surface area contributed by atoms with E-state index in [-0.39, 0.29) is 15.7 Å². The normalized spacial score (nSPS) is 11.4. The van der Waals surface area contributed by atoms with E-state index in [4.69, 9.17) is 4.42 Å². The summed E-state index contributed by atoms with van der Waals surface area (Å²) >= 11 is 0. The molecule has 0 spiro atoms. The summed E-state index contributed by atoms with van der Waals surface area (Å²) in [7, 11) is -3.67. The zero-order valence-electron chi connectivity index (χ0n) is 9.08. The van der Waals surface area contributed by atoms with Gasteiger partial charge in [-0.3, -0.25) is 4.79 Å². The Kier molecular flexibility index (Phi) is 2.85. The van der Waals surface area contributed by atoms with Gasteiger partial charge in [0.2, 0.25) is 14.9 Å². The maximum absolute atomic E-state index is 12.1. The van der Waals surface area contributed by atoms with Crippen LogP contribution >= 0.6 is 0 Å². The average Bonchev–Trinajstić information content (AvgIpc) is 2.78. The van der Waals surface area contributed by atoms with Crippen molar-refractivity contribution >= 4 is 16.1 Å². The molecule has 2 rings (SSSR count). The molecule has 0 aliphatic rings. The standard InChI is InChI=1S/C12H10O4S/c1-9-2-5-11(6-3-9)17(14,15)12-7-4-10(8-13)16-12/h2-8H,1H3. The number of benzene rings is 1. The van der Waals surface area contributed by atoms with Gasteiger partial charge in [-0.2, -0.15) is 0 Å². The van der Waals surface area contributed by atoms with Crippen molar-refractivity contribution in [3.8, 4) is 0 Å². The lowest BCUT2D eigenvalue weighted by molar-refractivity contribution is 0.109. The summed E-state index contributed by atoms with van der Waals surface area (Å²) in [5, 5.41) is -0.219. The van der Waals surface area contributed by atoms with E-state index < -0.39 is 9.84 Å². The zero-order valence-corrected chi connectivity index (χ0v) is 9.90. The fraction of sp³-hybridized carbons (Fsp3) is 0.0833. The first-order chi connectivity index (χ1) is 8.04. The highest BCUT2D eigenvalue weighted by molar-refractivity contribution is 7.91. The SMILES string of the molecule is Cc1ccc(S(=O)(=O)c2ccc(C=O)o2)cc1. The molecule has 0 saturated heterocycles. The van der Waals surface area contributed by atoms with Gasteiger partial charge >= 0.3 is 0 Å². The lowest BCUT2D eigenvalue weighted by atomic mass is 10.2. The van der Waals surface area contributed by atoms with E-state index in [0.29, 0.717) is 6.29 Å². The van der Waals surface area contributed by atoms with Gasteiger partial charge in [0.1, 0.15) is 0 Å². The van der Waals surface area contributed by atoms with Crippen molar-refractivity contribution in [3.63, 3.8) is 0 Å². The van der Waals surface area contributed by atoms with Gasteiger partial charge in [0, 0.05) is 0 Å². The van der Waals surface area contributed by atoms with E-state index in [1.54, 1.807) is 12.1 Å². The molecule has 0 unspecified atom stereocenters. The Morgan fingerprint density at radius 3 is 2.24 bits per heavy atom. The van der Waals surface area contributed by atoms with Crippen LogP contribution in [0.4, 0.5) is 0 Å². The van der Waals surface area contributed by atoms with Gasteiger partial charge in [-0.15, -0.1) is 0 Å². The topological polar surface area (TPSA) is 64.3 Å². The Balaban J connectivity index is 2.49. The molecule has 0 aliphatic heterocycles. The highest BCUT2D eigenvalue weighted by Crippen LogP contribution is 2.22. The second-order valence-corrected chi connectivity index (χ2v) is 5.47. The smallest absolute Gasteiger partial charge is 0.239 e. The van der Waals surface area contributed by atoms with E-state index in [9.17, 15) is 13.2 Å². The predicted octanol–water partition coefficient (Wildman–Crippen LogP) is 2.23. The molecule has 1 aromatic carbocycles. The van der Waals surface area contributed by atoms with Crippen molar-refractivity contribution < 1.29 is 17.6 Å². The van der Waals surface area contributed by atoms with Gasteiger partial charge in [-0.25, -0.2) is 8.42 Å². The monoisotopic (exact) mass is 250 g/mol. The third-order valence-electron chi connectivity index (χ3n) is 2.31. The quantitative estimate of drug-likeness (QED) is 0.783. The first kappa shape index (κ1) is 11.6. The van der Waals surface area contributed by atoms with Gasteiger partial charge in [0.15, 0.2) is 12.0 Å². The van der Waals surface area contributed by atoms with Gasteiger partial charge in [-0.05, 0) is 31.2 Å². The number of carbonyl (C=O) groups is 1. The van der Waals surface area contributed by atoms with E-state index in [2.05, 4.69) is 0 Å². The molecule has 88 valence electrons. The number of rotatable bonds is 3. The third-order valence-corrected chi connectivity index (χ3v) is 3.96. The van der Waals surface area contributed by atoms with Crippen molar-refractivity contribution in [2.45, 2.75) is 16.9 Å². The van der Waals surface area contributed by atoms with E-state index in [1.165, 1.54) is 24.3 Å². The maximum Gasteiger partial charge on any atom is 0.239 e. The lowest BCUT2D eigenvalue weighted by Crippen LogP contribution is -2.00. The number of furan rings is 1. The molecule has 0 aliphatic carbocycles. The summed E-state index contributed by atoms with van der Waals surface area (Å²) in [6.07, 6.45) is 0.466. The molecule has 0 saturated carbocycles. The molecular formula is C12H10O4S. The van der Waals surface area contributed by atoms with Gasteiger partial charge in [0.25, 0.3) is 0 Å². The molecule has 0 atom stereocenters. The number of hydrogen-bond donors (Lipinski definition) is 0. The van der Waals surface area contributed by atoms with E-state index in [1.807, 2.05) is 6.92 Å². The zero-order chi connectivity index (χ0) is 12.5. The van der Waals surface area contributed by atoms with Crippen LogP contribution in [0.3, 0.4) is 0 Å². The summed E-state index contributed by atoms with van der Waals surface area (Å²) < 4.78 is 29.1. The van der Waals surface area contributed by atoms with Crippen LogP contribution in [-0.2, 0) is 9.84 Å². The average molecular weight is 250 g/mol. The van der Waals surface area contributed by atoms with Crippen LogP contribution in [0.5, 0.6) is 0 Å². The number of carbonyl (C=O) groups excluding carboxylic acids is 1. The molecule has 2 aromatic rings. The van der Waals surface area contributed by atoms with Crippen LogP contribution in [0.2, 0.25) is 0 Å². The minimum atomic E-state index is -3.67. The molecule has 17 heavy (non-hydrogen) atoms. The van der Waals surface area contributed by atoms with Crippen LogP contribution < -0.4 is 0 Å². The summed E-state index contributed by atoms with van der Waals surface area (Å²) in [5.41, 5.74) is 0.969. The van der Waals surface area contributed by atoms with Gasteiger partial charge in [-0.1, -0.05) is 17.7 Å². The third kappa shape index (κ3) is 2.14. The fourth-order valence-electron chi connectivity index (χ4n) is 1.38. The van der Waals surface area contributed by atoms with Crippen LogP contribution in [0, 0.1) is 6.92 Å². The Labute approximate surface area is 98.8 Å². The first-order valence-corrected chi connectivity index (χ1v) is 6.39. The molecule has 5 heteroatoms. The summed E-state index contributed by atoms with van der Waals surface area (Å²) in [4.78, 5) is 10.6. The van der Waals surface area contributed by atoms with E-state index in [0.717, 1.165) is 5.56 Å². The van der Waals surface area contributed by atoms with Gasteiger partial charge in [0.05, 0.1) is 4.90 Å². The molecule has 0 N–H and O–H groups in total. The molecule has 0 fully saturated rings. The molecule has 1 aromatic heterocycles. The molecule has 0 bridgehead atoms. The molecule has 1 heterocycles. The van der Waals surface area contributed by atoms with Crippen LogP contribution in [-0.4, -0.2) is 14.7 Å². The maximum atomic E-state index is 12.1. The van der Waals surface area contributed by atoms with Crippen LogP contribution in [0.15, 0.2) is 50.8 Å². The molecule has 0 radical (unpaired) electrons. The minimum absolute atomic E-state index is 0.00399. The van der Waals surface area contributed by atoms with Crippen LogP contribution in [0.1, 0.15) is 16.1 Å². The summed E-state index contributed by atoms with van der Waals surface area (Å²) in [6, 6.07) is 9.03. The minimum Gasteiger partial charge on any atom is -0.442 e. The highest BCUT2D eigenvalue weighted by atomic mass is 32.2. The summed E-state index contributed by atoms with van der Waals surface area (Å²) in [5.74, 6) is -0.00399. The Hall–Kier alpha value is -1.88. The van der Waals surface area contributed by atoms with Crippen molar-refractivity contribution in [3.05, 3.63) is 47.7 Å². The summed E-state index contributed by atoms with van der Waals surface area (Å²) in [6.45, 7) is 1.87. The van der Waals surface area contributed by atoms with E-state index >= 15 is 0 Å². The lowest BCUT2D eigenvalue weighted by Gasteiger charge is -2.01. The molecule has 4 nitrogen and oxygen atoms in total. The first-order valence-electron chi connectivity index (χ1n) is 4.91. The Morgan fingerprint density at radius 2 is 1.71 bits per heavy atom. The Morgan fingerprint density at radius 1 is 1.06 bits per heavy atom. The number of hydrogen-bond acceptors (Lipinski definition) is 4. The Bertz CT molecular complexity index is 635. The number of aryl methyl sites for hydroxylation is 1. The van der Waals surface area contributed by atoms with Crippen molar-refractivity contribution in [1.82, 2.24) is 0 Å². The predicted molar refractivity (Wildman–Crippen MR) is 60.7 cm³/mol. The van der Waals surface area contributed by atoms with Crippen molar-refractivity contribution in [2.75, 3.05) is 0 Å². The molecule has 0 amide bonds. The molecular weight excluding hydrogens is 240 g/mol. The van der Waals surface area contributed by atoms with Crippen molar-refractivity contribution in [1.29, 1.82) is 0 Å². The van der Waals surface area contributed by atoms with Crippen molar-refractivity contribution in [2.24, 2.45) is 0 Å². The van der Waals surface area contributed by atoms with Gasteiger partial charge < -0.3 is 4.42 Å².